The minimum atomic E-state index is -1.32. The first-order valence-electron chi connectivity index (χ1n) is 6.60. The van der Waals surface area contributed by atoms with Gasteiger partial charge < -0.3 is 5.11 Å². The number of aryl methyl sites for hydroxylation is 1. The van der Waals surface area contributed by atoms with Gasteiger partial charge in [-0.3, -0.25) is 9.69 Å². The Hall–Kier alpha value is -2.98. The molecule has 0 radical (unpaired) electrons. The van der Waals surface area contributed by atoms with Gasteiger partial charge in [0.25, 0.3) is 0 Å². The Morgan fingerprint density at radius 2 is 2.00 bits per heavy atom. The standard InChI is InChI=1S/C16H13N3O3S/c1-10-3-5-14(6-4-10)19(11(2)20)16-18-13(9-23-16)7-12(8-17)15(21)22/h3-7,9H,1-2H3,(H,21,22)/b12-7-. The van der Waals surface area contributed by atoms with Gasteiger partial charge in [0, 0.05) is 12.3 Å². The maximum absolute atomic E-state index is 12.0. The molecule has 0 aliphatic heterocycles. The quantitative estimate of drug-likeness (QED) is 0.687. The van der Waals surface area contributed by atoms with Crippen molar-refractivity contribution in [3.05, 3.63) is 46.5 Å². The van der Waals surface area contributed by atoms with E-state index in [9.17, 15) is 9.59 Å². The van der Waals surface area contributed by atoms with E-state index in [1.807, 2.05) is 31.2 Å². The SMILES string of the molecule is CC(=O)N(c1ccc(C)cc1)c1nc(/C=C(/C#N)C(=O)O)cs1. The average molecular weight is 327 g/mol. The molecular weight excluding hydrogens is 314 g/mol. The number of nitriles is 1. The fourth-order valence-electron chi connectivity index (χ4n) is 1.86. The van der Waals surface area contributed by atoms with Crippen molar-refractivity contribution in [2.75, 3.05) is 4.90 Å². The van der Waals surface area contributed by atoms with Crippen molar-refractivity contribution in [2.45, 2.75) is 13.8 Å². The summed E-state index contributed by atoms with van der Waals surface area (Å²) in [6.07, 6.45) is 1.18. The van der Waals surface area contributed by atoms with Crippen molar-refractivity contribution >= 4 is 40.1 Å². The summed E-state index contributed by atoms with van der Waals surface area (Å²) in [6.45, 7) is 3.37. The van der Waals surface area contributed by atoms with E-state index in [4.69, 9.17) is 10.4 Å². The number of amides is 1. The minimum Gasteiger partial charge on any atom is -0.477 e. The number of nitrogens with zero attached hydrogens (tertiary/aromatic N) is 3. The molecule has 0 atom stereocenters. The molecule has 1 aromatic heterocycles. The monoisotopic (exact) mass is 327 g/mol. The van der Waals surface area contributed by atoms with Crippen molar-refractivity contribution in [3.8, 4) is 6.07 Å². The summed E-state index contributed by atoms with van der Waals surface area (Å²) in [5.74, 6) is -1.53. The van der Waals surface area contributed by atoms with Gasteiger partial charge >= 0.3 is 5.97 Å². The fourth-order valence-corrected chi connectivity index (χ4v) is 2.70. The second-order valence-corrected chi connectivity index (χ2v) is 5.56. The number of aromatic nitrogens is 1. The number of carboxylic acid groups (broad SMARTS) is 1. The summed E-state index contributed by atoms with van der Waals surface area (Å²) >= 11 is 1.20. The number of anilines is 2. The predicted octanol–water partition coefficient (Wildman–Crippen LogP) is 3.13. The molecule has 0 saturated carbocycles. The zero-order valence-electron chi connectivity index (χ0n) is 12.5. The number of hydrogen-bond acceptors (Lipinski definition) is 5. The van der Waals surface area contributed by atoms with Crippen molar-refractivity contribution in [2.24, 2.45) is 0 Å². The summed E-state index contributed by atoms with van der Waals surface area (Å²) in [7, 11) is 0. The van der Waals surface area contributed by atoms with Gasteiger partial charge in [-0.2, -0.15) is 5.26 Å². The number of thiazole rings is 1. The Morgan fingerprint density at radius 3 is 2.52 bits per heavy atom. The summed E-state index contributed by atoms with van der Waals surface area (Å²) < 4.78 is 0. The highest BCUT2D eigenvalue weighted by molar-refractivity contribution is 7.14. The predicted molar refractivity (Wildman–Crippen MR) is 87.3 cm³/mol. The van der Waals surface area contributed by atoms with Crippen LogP contribution in [0.1, 0.15) is 18.2 Å². The van der Waals surface area contributed by atoms with Crippen LogP contribution < -0.4 is 4.90 Å². The van der Waals surface area contributed by atoms with Crippen LogP contribution in [0.3, 0.4) is 0 Å². The fraction of sp³-hybridized carbons (Fsp3) is 0.125. The van der Waals surface area contributed by atoms with Crippen molar-refractivity contribution in [1.29, 1.82) is 5.26 Å². The molecule has 1 N–H and O–H groups in total. The summed E-state index contributed by atoms with van der Waals surface area (Å²) in [4.78, 5) is 28.5. The number of rotatable bonds is 4. The van der Waals surface area contributed by atoms with Crippen LogP contribution in [0.4, 0.5) is 10.8 Å². The van der Waals surface area contributed by atoms with Gasteiger partial charge in [-0.1, -0.05) is 17.7 Å². The zero-order valence-corrected chi connectivity index (χ0v) is 13.3. The number of carboxylic acids is 1. The van der Waals surface area contributed by atoms with Gasteiger partial charge in [0.1, 0.15) is 11.6 Å². The summed E-state index contributed by atoms with van der Waals surface area (Å²) in [5, 5.41) is 19.7. The lowest BCUT2D eigenvalue weighted by Gasteiger charge is -2.18. The van der Waals surface area contributed by atoms with Gasteiger partial charge in [0.05, 0.1) is 11.4 Å². The van der Waals surface area contributed by atoms with E-state index in [2.05, 4.69) is 4.98 Å². The Balaban J connectivity index is 2.40. The summed E-state index contributed by atoms with van der Waals surface area (Å²) in [6, 6.07) is 8.99. The minimum absolute atomic E-state index is 0.211. The molecule has 0 saturated heterocycles. The highest BCUT2D eigenvalue weighted by Crippen LogP contribution is 2.29. The third-order valence-electron chi connectivity index (χ3n) is 2.95. The largest absolute Gasteiger partial charge is 0.477 e. The molecule has 6 nitrogen and oxygen atoms in total. The Bertz CT molecular complexity index is 816. The third kappa shape index (κ3) is 3.81. The van der Waals surface area contributed by atoms with E-state index in [0.717, 1.165) is 5.56 Å². The number of carbonyl (C=O) groups is 2. The van der Waals surface area contributed by atoms with Crippen LogP contribution in [0.25, 0.3) is 6.08 Å². The van der Waals surface area contributed by atoms with Crippen LogP contribution in [0.15, 0.2) is 35.2 Å². The molecule has 0 fully saturated rings. The normalized spacial score (nSPS) is 10.9. The van der Waals surface area contributed by atoms with E-state index < -0.39 is 11.5 Å². The lowest BCUT2D eigenvalue weighted by atomic mass is 10.2. The maximum Gasteiger partial charge on any atom is 0.346 e. The molecule has 0 aliphatic rings. The Kier molecular flexibility index (Phi) is 4.88. The molecule has 2 aromatic rings. The molecule has 2 rings (SSSR count). The van der Waals surface area contributed by atoms with Gasteiger partial charge in [0.2, 0.25) is 5.91 Å². The van der Waals surface area contributed by atoms with Crippen LogP contribution >= 0.6 is 11.3 Å². The van der Waals surface area contributed by atoms with Crippen molar-refractivity contribution in [1.82, 2.24) is 4.98 Å². The number of benzene rings is 1. The smallest absolute Gasteiger partial charge is 0.346 e. The van der Waals surface area contributed by atoms with Crippen molar-refractivity contribution in [3.63, 3.8) is 0 Å². The molecule has 1 amide bonds. The first-order valence-corrected chi connectivity index (χ1v) is 7.48. The number of carbonyl (C=O) groups excluding carboxylic acids is 1. The third-order valence-corrected chi connectivity index (χ3v) is 3.80. The van der Waals surface area contributed by atoms with Crippen LogP contribution in [-0.2, 0) is 9.59 Å². The second-order valence-electron chi connectivity index (χ2n) is 4.72. The Labute approximate surface area is 136 Å². The maximum atomic E-state index is 12.0. The van der Waals surface area contributed by atoms with Crippen LogP contribution in [-0.4, -0.2) is 22.0 Å². The van der Waals surface area contributed by atoms with Crippen molar-refractivity contribution < 1.29 is 14.7 Å². The molecule has 0 aliphatic carbocycles. The lowest BCUT2D eigenvalue weighted by Crippen LogP contribution is -2.22. The van der Waals surface area contributed by atoms with Crippen LogP contribution in [0, 0.1) is 18.3 Å². The lowest BCUT2D eigenvalue weighted by molar-refractivity contribution is -0.132. The van der Waals surface area contributed by atoms with Gasteiger partial charge in [-0.25, -0.2) is 9.78 Å². The number of aliphatic carboxylic acids is 1. The molecule has 1 heterocycles. The van der Waals surface area contributed by atoms with E-state index in [1.165, 1.54) is 29.2 Å². The molecule has 23 heavy (non-hydrogen) atoms. The number of hydrogen-bond donors (Lipinski definition) is 1. The van der Waals surface area contributed by atoms with E-state index in [1.54, 1.807) is 11.4 Å². The second kappa shape index (κ2) is 6.85. The molecule has 0 spiro atoms. The van der Waals surface area contributed by atoms with Gasteiger partial charge in [-0.05, 0) is 25.1 Å². The topological polar surface area (TPSA) is 94.3 Å². The van der Waals surface area contributed by atoms with Gasteiger partial charge in [0.15, 0.2) is 5.13 Å². The van der Waals surface area contributed by atoms with Gasteiger partial charge in [-0.15, -0.1) is 11.3 Å². The average Bonchev–Trinajstić information content (AvgIpc) is 2.94. The Morgan fingerprint density at radius 1 is 1.35 bits per heavy atom. The summed E-state index contributed by atoms with van der Waals surface area (Å²) in [5.41, 5.74) is 1.65. The molecule has 0 unspecified atom stereocenters. The van der Waals surface area contributed by atoms with E-state index >= 15 is 0 Å². The molecule has 1 aromatic carbocycles. The molecule has 7 heteroatoms. The zero-order chi connectivity index (χ0) is 17.0. The van der Waals surface area contributed by atoms with Crippen LogP contribution in [0.2, 0.25) is 0 Å². The van der Waals surface area contributed by atoms with E-state index in [0.29, 0.717) is 16.5 Å². The first-order chi connectivity index (χ1) is 10.9. The van der Waals surface area contributed by atoms with Crippen LogP contribution in [0.5, 0.6) is 0 Å². The van der Waals surface area contributed by atoms with E-state index in [-0.39, 0.29) is 5.91 Å². The highest BCUT2D eigenvalue weighted by atomic mass is 32.1. The molecular formula is C16H13N3O3S. The first kappa shape index (κ1) is 16.4. The molecule has 116 valence electrons. The highest BCUT2D eigenvalue weighted by Gasteiger charge is 2.18. The molecule has 0 bridgehead atoms.